The minimum atomic E-state index is 0.703. The molecule has 3 aromatic rings. The van der Waals surface area contributed by atoms with E-state index in [1.165, 1.54) is 0 Å². The van der Waals surface area contributed by atoms with Gasteiger partial charge in [-0.2, -0.15) is 0 Å². The topological polar surface area (TPSA) is 44.2 Å². The number of nitrogens with zero attached hydrogens (tertiary/aromatic N) is 2. The second kappa shape index (κ2) is 6.26. The Kier molecular flexibility index (Phi) is 4.01. The van der Waals surface area contributed by atoms with Crippen LogP contribution in [0.15, 0.2) is 60.9 Å². The van der Waals surface area contributed by atoms with E-state index in [0.717, 1.165) is 22.5 Å². The van der Waals surface area contributed by atoms with Gasteiger partial charge in [0.1, 0.15) is 0 Å². The van der Waals surface area contributed by atoms with Gasteiger partial charge in [0.2, 0.25) is 0 Å². The average molecular weight is 292 g/mol. The van der Waals surface area contributed by atoms with Crippen molar-refractivity contribution in [3.8, 4) is 34.0 Å². The highest BCUT2D eigenvalue weighted by atomic mass is 16.5. The Balaban J connectivity index is 1.93. The summed E-state index contributed by atoms with van der Waals surface area (Å²) in [5.41, 5.74) is 3.75. The van der Waals surface area contributed by atoms with Crippen LogP contribution in [0.5, 0.6) is 11.5 Å². The Morgan fingerprint density at radius 3 is 2.14 bits per heavy atom. The van der Waals surface area contributed by atoms with Crippen molar-refractivity contribution in [1.29, 1.82) is 0 Å². The third-order valence-electron chi connectivity index (χ3n) is 3.41. The number of benzene rings is 1. The van der Waals surface area contributed by atoms with E-state index in [2.05, 4.69) is 9.97 Å². The van der Waals surface area contributed by atoms with Crippen molar-refractivity contribution in [3.63, 3.8) is 0 Å². The normalized spacial score (nSPS) is 10.3. The zero-order valence-electron chi connectivity index (χ0n) is 12.5. The Morgan fingerprint density at radius 2 is 1.50 bits per heavy atom. The van der Waals surface area contributed by atoms with Gasteiger partial charge in [-0.15, -0.1) is 0 Å². The van der Waals surface area contributed by atoms with Crippen molar-refractivity contribution in [1.82, 2.24) is 9.97 Å². The molecule has 0 amide bonds. The molecule has 4 heteroatoms. The molecule has 0 unspecified atom stereocenters. The first kappa shape index (κ1) is 14.1. The highest BCUT2D eigenvalue weighted by Gasteiger charge is 2.07. The third-order valence-corrected chi connectivity index (χ3v) is 3.41. The molecule has 0 aliphatic carbocycles. The maximum Gasteiger partial charge on any atom is 0.161 e. The summed E-state index contributed by atoms with van der Waals surface area (Å²) in [4.78, 5) is 8.79. The van der Waals surface area contributed by atoms with Crippen LogP contribution < -0.4 is 9.47 Å². The minimum Gasteiger partial charge on any atom is -0.493 e. The quantitative estimate of drug-likeness (QED) is 0.733. The van der Waals surface area contributed by atoms with Crippen LogP contribution in [-0.4, -0.2) is 24.2 Å². The molecule has 0 bridgehead atoms. The van der Waals surface area contributed by atoms with Crippen molar-refractivity contribution in [2.24, 2.45) is 0 Å². The molecule has 0 N–H and O–H groups in total. The van der Waals surface area contributed by atoms with E-state index in [0.29, 0.717) is 11.5 Å². The van der Waals surface area contributed by atoms with Crippen LogP contribution >= 0.6 is 0 Å². The van der Waals surface area contributed by atoms with Crippen LogP contribution in [0.1, 0.15) is 0 Å². The average Bonchev–Trinajstić information content (AvgIpc) is 2.62. The van der Waals surface area contributed by atoms with Gasteiger partial charge in [-0.3, -0.25) is 9.97 Å². The van der Waals surface area contributed by atoms with Gasteiger partial charge in [-0.1, -0.05) is 18.2 Å². The number of methoxy groups -OCH3 is 2. The molecule has 0 radical (unpaired) electrons. The number of aromatic nitrogens is 2. The predicted molar refractivity (Wildman–Crippen MR) is 86.0 cm³/mol. The summed E-state index contributed by atoms with van der Waals surface area (Å²) in [6.45, 7) is 0. The standard InChI is InChI=1S/C18H16N2O2/c1-21-17-9-7-13(11-18(17)22-2)14-6-8-16(20-12-14)15-5-3-4-10-19-15/h3-12H,1-2H3. The van der Waals surface area contributed by atoms with Gasteiger partial charge in [0.15, 0.2) is 11.5 Å². The summed E-state index contributed by atoms with van der Waals surface area (Å²) < 4.78 is 10.6. The molecule has 2 aromatic heterocycles. The highest BCUT2D eigenvalue weighted by Crippen LogP contribution is 2.32. The number of ether oxygens (including phenoxy) is 2. The third kappa shape index (κ3) is 2.76. The van der Waals surface area contributed by atoms with Gasteiger partial charge < -0.3 is 9.47 Å². The molecule has 0 saturated carbocycles. The summed E-state index contributed by atoms with van der Waals surface area (Å²) in [5.74, 6) is 1.41. The number of hydrogen-bond acceptors (Lipinski definition) is 4. The SMILES string of the molecule is COc1ccc(-c2ccc(-c3ccccn3)nc2)cc1OC. The Bertz CT molecular complexity index is 756. The van der Waals surface area contributed by atoms with Crippen molar-refractivity contribution in [2.75, 3.05) is 14.2 Å². The molecule has 0 fully saturated rings. The summed E-state index contributed by atoms with van der Waals surface area (Å²) in [6.07, 6.45) is 3.60. The second-order valence-electron chi connectivity index (χ2n) is 4.72. The van der Waals surface area contributed by atoms with Crippen molar-refractivity contribution < 1.29 is 9.47 Å². The van der Waals surface area contributed by atoms with Crippen LogP contribution in [0.25, 0.3) is 22.5 Å². The van der Waals surface area contributed by atoms with E-state index >= 15 is 0 Å². The first-order chi connectivity index (χ1) is 10.8. The maximum absolute atomic E-state index is 5.34. The Hall–Kier alpha value is -2.88. The molecule has 0 aliphatic rings. The lowest BCUT2D eigenvalue weighted by atomic mass is 10.1. The molecule has 4 nitrogen and oxygen atoms in total. The van der Waals surface area contributed by atoms with Gasteiger partial charge in [-0.25, -0.2) is 0 Å². The molecule has 3 rings (SSSR count). The molecular weight excluding hydrogens is 276 g/mol. The predicted octanol–water partition coefficient (Wildman–Crippen LogP) is 3.83. The molecule has 1 aromatic carbocycles. The smallest absolute Gasteiger partial charge is 0.161 e. The number of hydrogen-bond donors (Lipinski definition) is 0. The van der Waals surface area contributed by atoms with Crippen LogP contribution in [0.4, 0.5) is 0 Å². The monoisotopic (exact) mass is 292 g/mol. The maximum atomic E-state index is 5.34. The first-order valence-electron chi connectivity index (χ1n) is 6.91. The van der Waals surface area contributed by atoms with Gasteiger partial charge >= 0.3 is 0 Å². The van der Waals surface area contributed by atoms with E-state index in [9.17, 15) is 0 Å². The Morgan fingerprint density at radius 1 is 0.727 bits per heavy atom. The molecule has 0 atom stereocenters. The lowest BCUT2D eigenvalue weighted by Crippen LogP contribution is -1.91. The van der Waals surface area contributed by atoms with Crippen molar-refractivity contribution in [2.45, 2.75) is 0 Å². The van der Waals surface area contributed by atoms with Crippen LogP contribution in [-0.2, 0) is 0 Å². The van der Waals surface area contributed by atoms with E-state index in [1.807, 2.05) is 54.7 Å². The fraction of sp³-hybridized carbons (Fsp3) is 0.111. The summed E-state index contributed by atoms with van der Waals surface area (Å²) in [6, 6.07) is 15.6. The van der Waals surface area contributed by atoms with Crippen LogP contribution in [0.2, 0.25) is 0 Å². The first-order valence-corrected chi connectivity index (χ1v) is 6.91. The van der Waals surface area contributed by atoms with Crippen LogP contribution in [0, 0.1) is 0 Å². The van der Waals surface area contributed by atoms with Gasteiger partial charge in [0.25, 0.3) is 0 Å². The van der Waals surface area contributed by atoms with Gasteiger partial charge in [0.05, 0.1) is 25.6 Å². The van der Waals surface area contributed by atoms with Crippen molar-refractivity contribution >= 4 is 0 Å². The fourth-order valence-electron chi connectivity index (χ4n) is 2.25. The van der Waals surface area contributed by atoms with E-state index < -0.39 is 0 Å². The van der Waals surface area contributed by atoms with Gasteiger partial charge in [-0.05, 0) is 35.9 Å². The highest BCUT2D eigenvalue weighted by molar-refractivity contribution is 5.68. The van der Waals surface area contributed by atoms with Gasteiger partial charge in [0, 0.05) is 18.0 Å². The second-order valence-corrected chi connectivity index (χ2v) is 4.72. The van der Waals surface area contributed by atoms with E-state index in [-0.39, 0.29) is 0 Å². The summed E-state index contributed by atoms with van der Waals surface area (Å²) in [7, 11) is 3.25. The Labute approximate surface area is 129 Å². The molecular formula is C18H16N2O2. The molecule has 0 saturated heterocycles. The lowest BCUT2D eigenvalue weighted by Gasteiger charge is -2.10. The van der Waals surface area contributed by atoms with Crippen molar-refractivity contribution in [3.05, 3.63) is 60.9 Å². The van der Waals surface area contributed by atoms with Crippen LogP contribution in [0.3, 0.4) is 0 Å². The number of rotatable bonds is 4. The molecule has 2 heterocycles. The zero-order valence-corrected chi connectivity index (χ0v) is 12.5. The fourth-order valence-corrected chi connectivity index (χ4v) is 2.25. The lowest BCUT2D eigenvalue weighted by molar-refractivity contribution is 0.355. The zero-order chi connectivity index (χ0) is 15.4. The minimum absolute atomic E-state index is 0.703. The van der Waals surface area contributed by atoms with E-state index in [4.69, 9.17) is 9.47 Å². The summed E-state index contributed by atoms with van der Waals surface area (Å²) in [5, 5.41) is 0. The number of pyridine rings is 2. The molecule has 0 aliphatic heterocycles. The summed E-state index contributed by atoms with van der Waals surface area (Å²) >= 11 is 0. The van der Waals surface area contributed by atoms with E-state index in [1.54, 1.807) is 20.4 Å². The molecule has 0 spiro atoms. The molecule has 110 valence electrons. The molecule has 22 heavy (non-hydrogen) atoms. The largest absolute Gasteiger partial charge is 0.493 e.